The van der Waals surface area contributed by atoms with E-state index in [4.69, 9.17) is 4.74 Å². The van der Waals surface area contributed by atoms with Gasteiger partial charge in [0.15, 0.2) is 0 Å². The highest BCUT2D eigenvalue weighted by atomic mass is 32.1. The van der Waals surface area contributed by atoms with Gasteiger partial charge in [0.2, 0.25) is 11.0 Å². The van der Waals surface area contributed by atoms with Gasteiger partial charge in [0.25, 0.3) is 0 Å². The minimum Gasteiger partial charge on any atom is -0.378 e. The number of aromatic nitrogens is 2. The molecule has 0 aromatic carbocycles. The maximum atomic E-state index is 12.2. The number of nitrogens with one attached hydrogen (secondary N) is 2. The van der Waals surface area contributed by atoms with Crippen LogP contribution >= 0.6 is 11.5 Å². The summed E-state index contributed by atoms with van der Waals surface area (Å²) >= 11 is 0.704. The Morgan fingerprint density at radius 3 is 2.94 bits per heavy atom. The van der Waals surface area contributed by atoms with Crippen LogP contribution in [0.25, 0.3) is 0 Å². The Morgan fingerprint density at radius 2 is 2.35 bits per heavy atom. The van der Waals surface area contributed by atoms with Gasteiger partial charge >= 0.3 is 6.18 Å². The first kappa shape index (κ1) is 12.5. The van der Waals surface area contributed by atoms with Gasteiger partial charge in [0.05, 0.1) is 13.2 Å². The second-order valence-corrected chi connectivity index (χ2v) is 4.28. The lowest BCUT2D eigenvalue weighted by molar-refractivity contribution is -0.144. The van der Waals surface area contributed by atoms with E-state index in [-0.39, 0.29) is 11.2 Å². The molecule has 0 spiro atoms. The molecule has 96 valence electrons. The third-order valence-corrected chi connectivity index (χ3v) is 2.85. The topological polar surface area (TPSA) is 59.1 Å². The minimum absolute atomic E-state index is 0.0852. The zero-order valence-corrected chi connectivity index (χ0v) is 9.57. The second-order valence-electron chi connectivity index (χ2n) is 3.53. The molecule has 0 amide bonds. The van der Waals surface area contributed by atoms with Crippen LogP contribution in [-0.2, 0) is 10.9 Å². The fraction of sp³-hybridized carbons (Fsp3) is 0.750. The summed E-state index contributed by atoms with van der Waals surface area (Å²) in [7, 11) is 0. The van der Waals surface area contributed by atoms with Crippen molar-refractivity contribution in [3.63, 3.8) is 0 Å². The van der Waals surface area contributed by atoms with Crippen LogP contribution < -0.4 is 10.6 Å². The van der Waals surface area contributed by atoms with Gasteiger partial charge in [-0.25, -0.2) is 0 Å². The molecule has 1 unspecified atom stereocenters. The van der Waals surface area contributed by atoms with Crippen LogP contribution in [0.4, 0.5) is 18.3 Å². The Kier molecular flexibility index (Phi) is 3.79. The summed E-state index contributed by atoms with van der Waals surface area (Å²) in [5, 5.41) is 6.15. The number of halogens is 3. The molecule has 9 heteroatoms. The van der Waals surface area contributed by atoms with Gasteiger partial charge in [-0.2, -0.15) is 22.5 Å². The first-order valence-corrected chi connectivity index (χ1v) is 5.79. The molecule has 1 atom stereocenters. The van der Waals surface area contributed by atoms with Crippen LogP contribution in [0.3, 0.4) is 0 Å². The molecule has 1 aliphatic heterocycles. The molecule has 0 saturated carbocycles. The van der Waals surface area contributed by atoms with Crippen LogP contribution in [0.1, 0.15) is 5.82 Å². The number of hydrogen-bond acceptors (Lipinski definition) is 6. The molecule has 2 heterocycles. The van der Waals surface area contributed by atoms with E-state index in [1.54, 1.807) is 0 Å². The fourth-order valence-corrected chi connectivity index (χ4v) is 1.96. The molecule has 0 radical (unpaired) electrons. The first-order valence-electron chi connectivity index (χ1n) is 5.01. The molecule has 1 aromatic heterocycles. The number of morpholine rings is 1. The van der Waals surface area contributed by atoms with E-state index in [0.717, 1.165) is 6.54 Å². The molecule has 5 nitrogen and oxygen atoms in total. The lowest BCUT2D eigenvalue weighted by Crippen LogP contribution is -2.45. The molecule has 1 aliphatic rings. The third kappa shape index (κ3) is 3.51. The predicted octanol–water partition coefficient (Wildman–Crippen LogP) is 0.957. The van der Waals surface area contributed by atoms with Crippen molar-refractivity contribution in [1.29, 1.82) is 0 Å². The summed E-state index contributed by atoms with van der Waals surface area (Å²) < 4.78 is 45.1. The van der Waals surface area contributed by atoms with Crippen molar-refractivity contribution < 1.29 is 17.9 Å². The van der Waals surface area contributed by atoms with Gasteiger partial charge in [-0.3, -0.25) is 0 Å². The SMILES string of the molecule is FC(F)(F)c1nsc(NCC2COCCN2)n1. The van der Waals surface area contributed by atoms with Crippen molar-refractivity contribution in [3.8, 4) is 0 Å². The summed E-state index contributed by atoms with van der Waals surface area (Å²) in [5.41, 5.74) is 0. The minimum atomic E-state index is -4.48. The van der Waals surface area contributed by atoms with Gasteiger partial charge in [-0.1, -0.05) is 0 Å². The van der Waals surface area contributed by atoms with Gasteiger partial charge in [-0.15, -0.1) is 0 Å². The van der Waals surface area contributed by atoms with Crippen molar-refractivity contribution in [2.45, 2.75) is 12.2 Å². The molecule has 0 bridgehead atoms. The van der Waals surface area contributed by atoms with E-state index in [0.29, 0.717) is 31.3 Å². The maximum Gasteiger partial charge on any atom is 0.452 e. The fourth-order valence-electron chi connectivity index (χ4n) is 1.37. The molecule has 1 saturated heterocycles. The normalized spacial score (nSPS) is 21.5. The van der Waals surface area contributed by atoms with E-state index >= 15 is 0 Å². The van der Waals surface area contributed by atoms with Gasteiger partial charge in [0, 0.05) is 30.7 Å². The first-order chi connectivity index (χ1) is 8.05. The van der Waals surface area contributed by atoms with Gasteiger partial charge in [0.1, 0.15) is 0 Å². The van der Waals surface area contributed by atoms with E-state index in [9.17, 15) is 13.2 Å². The van der Waals surface area contributed by atoms with Gasteiger partial charge < -0.3 is 15.4 Å². The monoisotopic (exact) mass is 268 g/mol. The van der Waals surface area contributed by atoms with Crippen molar-refractivity contribution in [1.82, 2.24) is 14.7 Å². The number of nitrogens with zero attached hydrogens (tertiary/aromatic N) is 2. The Bertz CT molecular complexity index is 364. The summed E-state index contributed by atoms with van der Waals surface area (Å²) in [6.07, 6.45) is -4.48. The number of anilines is 1. The van der Waals surface area contributed by atoms with E-state index in [1.165, 1.54) is 0 Å². The van der Waals surface area contributed by atoms with Crippen LogP contribution in [-0.4, -0.2) is 41.7 Å². The molecule has 2 N–H and O–H groups in total. The lowest BCUT2D eigenvalue weighted by atomic mass is 10.3. The Balaban J connectivity index is 1.84. The molecule has 2 rings (SSSR count). The van der Waals surface area contributed by atoms with E-state index in [1.807, 2.05) is 0 Å². The average molecular weight is 268 g/mol. The molecule has 17 heavy (non-hydrogen) atoms. The van der Waals surface area contributed by atoms with Crippen molar-refractivity contribution in [2.24, 2.45) is 0 Å². The zero-order valence-electron chi connectivity index (χ0n) is 8.75. The highest BCUT2D eigenvalue weighted by Crippen LogP contribution is 2.28. The summed E-state index contributed by atoms with van der Waals surface area (Å²) in [6, 6.07) is 0.0852. The largest absolute Gasteiger partial charge is 0.452 e. The molecule has 0 aliphatic carbocycles. The number of alkyl halides is 3. The number of hydrogen-bond donors (Lipinski definition) is 2. The standard InChI is InChI=1S/C8H11F3N4OS/c9-8(10,11)6-14-7(17-15-6)13-3-5-4-16-2-1-12-5/h5,12H,1-4H2,(H,13,14,15). The molecular formula is C8H11F3N4OS. The highest BCUT2D eigenvalue weighted by molar-refractivity contribution is 7.09. The van der Waals surface area contributed by atoms with Crippen LogP contribution in [0.5, 0.6) is 0 Å². The smallest absolute Gasteiger partial charge is 0.378 e. The number of ether oxygens (including phenoxy) is 1. The van der Waals surface area contributed by atoms with Crippen LogP contribution in [0.2, 0.25) is 0 Å². The number of rotatable bonds is 3. The van der Waals surface area contributed by atoms with Crippen molar-refractivity contribution in [2.75, 3.05) is 31.6 Å². The van der Waals surface area contributed by atoms with Gasteiger partial charge in [-0.05, 0) is 0 Å². The van der Waals surface area contributed by atoms with Crippen molar-refractivity contribution >= 4 is 16.7 Å². The second kappa shape index (κ2) is 5.15. The average Bonchev–Trinajstić information content (AvgIpc) is 2.76. The Labute approximate surface area is 99.5 Å². The summed E-state index contributed by atoms with van der Waals surface area (Å²) in [6.45, 7) is 2.41. The zero-order chi connectivity index (χ0) is 12.3. The van der Waals surface area contributed by atoms with Crippen molar-refractivity contribution in [3.05, 3.63) is 5.82 Å². The Hall–Kier alpha value is -0.930. The van der Waals surface area contributed by atoms with E-state index < -0.39 is 12.0 Å². The summed E-state index contributed by atoms with van der Waals surface area (Å²) in [5.74, 6) is -1.10. The molecule has 1 fully saturated rings. The summed E-state index contributed by atoms with van der Waals surface area (Å²) in [4.78, 5) is 3.37. The highest BCUT2D eigenvalue weighted by Gasteiger charge is 2.36. The van der Waals surface area contributed by atoms with E-state index in [2.05, 4.69) is 20.0 Å². The lowest BCUT2D eigenvalue weighted by Gasteiger charge is -2.23. The molecule has 1 aromatic rings. The maximum absolute atomic E-state index is 12.2. The van der Waals surface area contributed by atoms with Crippen LogP contribution in [0, 0.1) is 0 Å². The quantitative estimate of drug-likeness (QED) is 0.855. The van der Waals surface area contributed by atoms with Crippen LogP contribution in [0.15, 0.2) is 0 Å². The third-order valence-electron chi connectivity index (χ3n) is 2.18. The predicted molar refractivity (Wildman–Crippen MR) is 56.0 cm³/mol. The molecular weight excluding hydrogens is 257 g/mol. The Morgan fingerprint density at radius 1 is 1.53 bits per heavy atom.